The molecule has 1 atom stereocenters. The van der Waals surface area contributed by atoms with Gasteiger partial charge in [0, 0.05) is 6.54 Å². The Kier molecular flexibility index (Phi) is 3.64. The summed E-state index contributed by atoms with van der Waals surface area (Å²) in [7, 11) is 0. The number of amides is 1. The van der Waals surface area contributed by atoms with Crippen LogP contribution in [-0.2, 0) is 13.1 Å². The van der Waals surface area contributed by atoms with E-state index in [1.807, 2.05) is 10.7 Å². The van der Waals surface area contributed by atoms with Crippen LogP contribution in [0.1, 0.15) is 46.3 Å². The number of aryl methyl sites for hydroxylation is 1. The number of benzene rings is 1. The zero-order valence-electron chi connectivity index (χ0n) is 13.6. The predicted molar refractivity (Wildman–Crippen MR) is 85.8 cm³/mol. The SMILES string of the molecule is Cc1ccc(C(=O)N2CCn3nc(C(O)C4CC4)cc3C2)c(F)c1. The van der Waals surface area contributed by atoms with Crippen molar-refractivity contribution in [3.63, 3.8) is 0 Å². The van der Waals surface area contributed by atoms with Crippen molar-refractivity contribution in [2.24, 2.45) is 5.92 Å². The summed E-state index contributed by atoms with van der Waals surface area (Å²) in [6.45, 7) is 3.23. The highest BCUT2D eigenvalue weighted by atomic mass is 19.1. The van der Waals surface area contributed by atoms with Gasteiger partial charge in [-0.25, -0.2) is 4.39 Å². The summed E-state index contributed by atoms with van der Waals surface area (Å²) < 4.78 is 15.9. The Morgan fingerprint density at radius 1 is 1.33 bits per heavy atom. The molecule has 6 heteroatoms. The van der Waals surface area contributed by atoms with E-state index in [9.17, 15) is 14.3 Å². The van der Waals surface area contributed by atoms with Gasteiger partial charge < -0.3 is 10.0 Å². The Balaban J connectivity index is 1.54. The van der Waals surface area contributed by atoms with Crippen molar-refractivity contribution in [2.45, 2.75) is 39.0 Å². The van der Waals surface area contributed by atoms with Gasteiger partial charge in [0.15, 0.2) is 0 Å². The highest BCUT2D eigenvalue weighted by Gasteiger charge is 2.34. The number of carbonyl (C=O) groups excluding carboxylic acids is 1. The average molecular weight is 329 g/mol. The molecule has 126 valence electrons. The molecule has 1 aliphatic heterocycles. The highest BCUT2D eigenvalue weighted by molar-refractivity contribution is 5.94. The lowest BCUT2D eigenvalue weighted by molar-refractivity contribution is 0.0700. The lowest BCUT2D eigenvalue weighted by atomic mass is 10.1. The number of aromatic nitrogens is 2. The first-order valence-electron chi connectivity index (χ1n) is 8.33. The van der Waals surface area contributed by atoms with E-state index in [-0.39, 0.29) is 11.5 Å². The van der Waals surface area contributed by atoms with E-state index in [1.54, 1.807) is 24.0 Å². The number of fused-ring (bicyclic) bond motifs is 1. The predicted octanol–water partition coefficient (Wildman–Crippen LogP) is 2.43. The van der Waals surface area contributed by atoms with Crippen LogP contribution in [0.4, 0.5) is 4.39 Å². The molecule has 1 aliphatic carbocycles. The molecule has 0 spiro atoms. The second-order valence-corrected chi connectivity index (χ2v) is 6.78. The van der Waals surface area contributed by atoms with Crippen LogP contribution >= 0.6 is 0 Å². The lowest BCUT2D eigenvalue weighted by Crippen LogP contribution is -2.38. The number of carbonyl (C=O) groups is 1. The third-order valence-corrected chi connectivity index (χ3v) is 4.83. The fourth-order valence-electron chi connectivity index (χ4n) is 3.22. The van der Waals surface area contributed by atoms with Crippen LogP contribution in [-0.4, -0.2) is 32.2 Å². The molecule has 4 rings (SSSR count). The molecule has 1 amide bonds. The van der Waals surface area contributed by atoms with Crippen molar-refractivity contribution >= 4 is 5.91 Å². The monoisotopic (exact) mass is 329 g/mol. The van der Waals surface area contributed by atoms with Crippen LogP contribution in [0, 0.1) is 18.7 Å². The molecular formula is C18H20FN3O2. The summed E-state index contributed by atoms with van der Waals surface area (Å²) in [6.07, 6.45) is 1.57. The minimum Gasteiger partial charge on any atom is -0.386 e. The topological polar surface area (TPSA) is 58.4 Å². The van der Waals surface area contributed by atoms with Gasteiger partial charge in [0.25, 0.3) is 5.91 Å². The van der Waals surface area contributed by atoms with Gasteiger partial charge in [-0.3, -0.25) is 9.48 Å². The first kappa shape index (κ1) is 15.3. The van der Waals surface area contributed by atoms with Gasteiger partial charge in [-0.05, 0) is 49.4 Å². The fraction of sp³-hybridized carbons (Fsp3) is 0.444. The van der Waals surface area contributed by atoms with E-state index >= 15 is 0 Å². The van der Waals surface area contributed by atoms with E-state index in [2.05, 4.69) is 5.10 Å². The maximum Gasteiger partial charge on any atom is 0.257 e. The molecule has 2 aromatic rings. The fourth-order valence-corrected chi connectivity index (χ4v) is 3.22. The van der Waals surface area contributed by atoms with Crippen LogP contribution in [0.25, 0.3) is 0 Å². The van der Waals surface area contributed by atoms with Gasteiger partial charge in [0.1, 0.15) is 11.9 Å². The van der Waals surface area contributed by atoms with Crippen molar-refractivity contribution in [1.82, 2.24) is 14.7 Å². The van der Waals surface area contributed by atoms with Gasteiger partial charge in [0.2, 0.25) is 0 Å². The van der Waals surface area contributed by atoms with Crippen LogP contribution in [0.5, 0.6) is 0 Å². The van der Waals surface area contributed by atoms with Crippen molar-refractivity contribution in [3.05, 3.63) is 52.6 Å². The molecule has 0 radical (unpaired) electrons. The van der Waals surface area contributed by atoms with E-state index in [0.717, 1.165) is 24.1 Å². The molecule has 0 bridgehead atoms. The molecule has 1 saturated carbocycles. The molecule has 0 saturated heterocycles. The molecule has 1 unspecified atom stereocenters. The van der Waals surface area contributed by atoms with Gasteiger partial charge in [-0.15, -0.1) is 0 Å². The molecule has 1 aromatic heterocycles. The summed E-state index contributed by atoms with van der Waals surface area (Å²) in [5.74, 6) is -0.463. The number of nitrogens with zero attached hydrogens (tertiary/aromatic N) is 3. The van der Waals surface area contributed by atoms with Gasteiger partial charge >= 0.3 is 0 Å². The number of halogens is 1. The normalized spacial score (nSPS) is 18.4. The largest absolute Gasteiger partial charge is 0.386 e. The molecule has 1 N–H and O–H groups in total. The van der Waals surface area contributed by atoms with Gasteiger partial charge in [-0.1, -0.05) is 6.07 Å². The van der Waals surface area contributed by atoms with Crippen molar-refractivity contribution in [2.75, 3.05) is 6.54 Å². The zero-order chi connectivity index (χ0) is 16.8. The minimum atomic E-state index is -0.512. The second kappa shape index (κ2) is 5.70. The summed E-state index contributed by atoms with van der Waals surface area (Å²) in [4.78, 5) is 14.2. The summed E-state index contributed by atoms with van der Waals surface area (Å²) in [6, 6.07) is 6.54. The van der Waals surface area contributed by atoms with Gasteiger partial charge in [-0.2, -0.15) is 5.10 Å². The lowest BCUT2D eigenvalue weighted by Gasteiger charge is -2.27. The number of rotatable bonds is 3. The Bertz CT molecular complexity index is 798. The molecule has 2 aliphatic rings. The van der Waals surface area contributed by atoms with Crippen molar-refractivity contribution in [3.8, 4) is 0 Å². The van der Waals surface area contributed by atoms with E-state index in [1.165, 1.54) is 6.07 Å². The summed E-state index contributed by atoms with van der Waals surface area (Å²) in [5.41, 5.74) is 2.46. The smallest absolute Gasteiger partial charge is 0.257 e. The molecule has 2 heterocycles. The van der Waals surface area contributed by atoms with E-state index in [0.29, 0.717) is 31.2 Å². The van der Waals surface area contributed by atoms with Crippen LogP contribution in [0.15, 0.2) is 24.3 Å². The van der Waals surface area contributed by atoms with Crippen LogP contribution < -0.4 is 0 Å². The standard InChI is InChI=1S/C18H20FN3O2/c1-11-2-5-14(15(19)8-11)18(24)21-6-7-22-13(10-21)9-16(20-22)17(23)12-3-4-12/h2,5,8-9,12,17,23H,3-4,6-7,10H2,1H3. The average Bonchev–Trinajstić information content (AvgIpc) is 3.32. The number of hydrogen-bond donors (Lipinski definition) is 1. The Labute approximate surface area is 139 Å². The number of hydrogen-bond acceptors (Lipinski definition) is 3. The third kappa shape index (κ3) is 2.71. The molecule has 1 aromatic carbocycles. The maximum absolute atomic E-state index is 14.1. The first-order valence-corrected chi connectivity index (χ1v) is 8.33. The Morgan fingerprint density at radius 2 is 2.12 bits per heavy atom. The van der Waals surface area contributed by atoms with E-state index in [4.69, 9.17) is 0 Å². The Hall–Kier alpha value is -2.21. The molecule has 5 nitrogen and oxygen atoms in total. The van der Waals surface area contributed by atoms with Gasteiger partial charge in [0.05, 0.1) is 30.0 Å². The van der Waals surface area contributed by atoms with Crippen LogP contribution in [0.3, 0.4) is 0 Å². The molecule has 1 fully saturated rings. The highest BCUT2D eigenvalue weighted by Crippen LogP contribution is 2.40. The quantitative estimate of drug-likeness (QED) is 0.941. The van der Waals surface area contributed by atoms with Crippen molar-refractivity contribution in [1.29, 1.82) is 0 Å². The first-order chi connectivity index (χ1) is 11.5. The van der Waals surface area contributed by atoms with Crippen molar-refractivity contribution < 1.29 is 14.3 Å². The second-order valence-electron chi connectivity index (χ2n) is 6.78. The molecular weight excluding hydrogens is 309 g/mol. The third-order valence-electron chi connectivity index (χ3n) is 4.83. The van der Waals surface area contributed by atoms with E-state index < -0.39 is 11.9 Å². The summed E-state index contributed by atoms with van der Waals surface area (Å²) in [5, 5.41) is 14.7. The number of aliphatic hydroxyl groups is 1. The Morgan fingerprint density at radius 3 is 2.83 bits per heavy atom. The summed E-state index contributed by atoms with van der Waals surface area (Å²) >= 11 is 0. The minimum absolute atomic E-state index is 0.104. The zero-order valence-corrected chi connectivity index (χ0v) is 13.6. The molecule has 24 heavy (non-hydrogen) atoms. The maximum atomic E-state index is 14.1. The van der Waals surface area contributed by atoms with Crippen LogP contribution in [0.2, 0.25) is 0 Å². The number of aliphatic hydroxyl groups excluding tert-OH is 1.